The zero-order valence-electron chi connectivity index (χ0n) is 11.7. The van der Waals surface area contributed by atoms with Crippen molar-refractivity contribution in [3.05, 3.63) is 18.2 Å². The minimum Gasteiger partial charge on any atom is -0.334 e. The van der Waals surface area contributed by atoms with Gasteiger partial charge in [0.25, 0.3) is 0 Å². The van der Waals surface area contributed by atoms with Crippen molar-refractivity contribution in [1.82, 2.24) is 14.9 Å². The maximum absolute atomic E-state index is 4.46. The van der Waals surface area contributed by atoms with E-state index < -0.39 is 0 Å². The molecule has 1 aromatic rings. The molecule has 0 unspecified atom stereocenters. The van der Waals surface area contributed by atoms with Crippen LogP contribution in [-0.2, 0) is 13.1 Å². The lowest BCUT2D eigenvalue weighted by Gasteiger charge is -2.21. The standard InChI is InChI=1S/C15H27N3/c1-2-11-18-12-10-16-15(18)13-17-14-8-6-4-3-5-7-9-14/h10,12,14,17H,2-9,11,13H2,1H3. The minimum atomic E-state index is 0.706. The van der Waals surface area contributed by atoms with Crippen LogP contribution in [0.1, 0.15) is 64.1 Å². The topological polar surface area (TPSA) is 29.9 Å². The van der Waals surface area contributed by atoms with Gasteiger partial charge in [-0.1, -0.05) is 39.0 Å². The fraction of sp³-hybridized carbons (Fsp3) is 0.800. The molecule has 1 aliphatic rings. The summed E-state index contributed by atoms with van der Waals surface area (Å²) in [6.07, 6.45) is 14.9. The highest BCUT2D eigenvalue weighted by Gasteiger charge is 2.11. The lowest BCUT2D eigenvalue weighted by molar-refractivity contribution is 0.383. The Bertz CT molecular complexity index is 324. The van der Waals surface area contributed by atoms with E-state index in [-0.39, 0.29) is 0 Å². The predicted octanol–water partition coefficient (Wildman–Crippen LogP) is 3.50. The van der Waals surface area contributed by atoms with E-state index in [4.69, 9.17) is 0 Å². The first-order chi connectivity index (χ1) is 8.90. The summed E-state index contributed by atoms with van der Waals surface area (Å²) in [7, 11) is 0. The second-order valence-electron chi connectivity index (χ2n) is 5.46. The lowest BCUT2D eigenvalue weighted by atomic mass is 9.97. The highest BCUT2D eigenvalue weighted by atomic mass is 15.1. The lowest BCUT2D eigenvalue weighted by Crippen LogP contribution is -2.30. The van der Waals surface area contributed by atoms with E-state index in [0.29, 0.717) is 6.04 Å². The Labute approximate surface area is 111 Å². The Kier molecular flexibility index (Phi) is 5.72. The van der Waals surface area contributed by atoms with Crippen LogP contribution < -0.4 is 5.32 Å². The van der Waals surface area contributed by atoms with Crippen molar-refractivity contribution >= 4 is 0 Å². The van der Waals surface area contributed by atoms with Crippen LogP contribution in [0.4, 0.5) is 0 Å². The second kappa shape index (κ2) is 7.57. The number of imidazole rings is 1. The quantitative estimate of drug-likeness (QED) is 0.865. The summed E-state index contributed by atoms with van der Waals surface area (Å²) in [5.41, 5.74) is 0. The number of hydrogen-bond acceptors (Lipinski definition) is 2. The van der Waals surface area contributed by atoms with Crippen molar-refractivity contribution in [3.8, 4) is 0 Å². The Morgan fingerprint density at radius 1 is 1.22 bits per heavy atom. The summed E-state index contributed by atoms with van der Waals surface area (Å²) >= 11 is 0. The van der Waals surface area contributed by atoms with Gasteiger partial charge in [0.1, 0.15) is 5.82 Å². The van der Waals surface area contributed by atoms with Crippen molar-refractivity contribution in [2.45, 2.75) is 77.4 Å². The van der Waals surface area contributed by atoms with Crippen LogP contribution >= 0.6 is 0 Å². The molecule has 1 saturated carbocycles. The van der Waals surface area contributed by atoms with Gasteiger partial charge in [-0.3, -0.25) is 0 Å². The molecule has 18 heavy (non-hydrogen) atoms. The van der Waals surface area contributed by atoms with Crippen molar-refractivity contribution in [1.29, 1.82) is 0 Å². The molecule has 0 spiro atoms. The van der Waals surface area contributed by atoms with Crippen molar-refractivity contribution < 1.29 is 0 Å². The first kappa shape index (κ1) is 13.6. The maximum Gasteiger partial charge on any atom is 0.122 e. The molecule has 1 aromatic heterocycles. The number of aromatic nitrogens is 2. The molecule has 0 saturated heterocycles. The highest BCUT2D eigenvalue weighted by Crippen LogP contribution is 2.17. The summed E-state index contributed by atoms with van der Waals surface area (Å²) in [6, 6.07) is 0.706. The van der Waals surface area contributed by atoms with E-state index in [0.717, 1.165) is 13.1 Å². The molecule has 0 bridgehead atoms. The second-order valence-corrected chi connectivity index (χ2v) is 5.46. The molecule has 1 heterocycles. The molecular weight excluding hydrogens is 222 g/mol. The normalized spacial score (nSPS) is 18.5. The molecular formula is C15H27N3. The molecule has 1 N–H and O–H groups in total. The maximum atomic E-state index is 4.46. The Balaban J connectivity index is 1.80. The van der Waals surface area contributed by atoms with E-state index in [1.54, 1.807) is 0 Å². The molecule has 3 heteroatoms. The third-order valence-corrected chi connectivity index (χ3v) is 3.92. The Hall–Kier alpha value is -0.830. The van der Waals surface area contributed by atoms with Crippen LogP contribution in [0.2, 0.25) is 0 Å². The smallest absolute Gasteiger partial charge is 0.122 e. The number of rotatable bonds is 5. The van der Waals surface area contributed by atoms with Gasteiger partial charge in [-0.2, -0.15) is 0 Å². The van der Waals surface area contributed by atoms with Crippen LogP contribution in [0.5, 0.6) is 0 Å². The molecule has 102 valence electrons. The van der Waals surface area contributed by atoms with E-state index in [1.807, 2.05) is 6.20 Å². The van der Waals surface area contributed by atoms with E-state index >= 15 is 0 Å². The predicted molar refractivity (Wildman–Crippen MR) is 75.5 cm³/mol. The third-order valence-electron chi connectivity index (χ3n) is 3.92. The van der Waals surface area contributed by atoms with Gasteiger partial charge in [0.2, 0.25) is 0 Å². The van der Waals surface area contributed by atoms with Crippen LogP contribution in [0.25, 0.3) is 0 Å². The molecule has 0 atom stereocenters. The summed E-state index contributed by atoms with van der Waals surface area (Å²) in [4.78, 5) is 4.46. The van der Waals surface area contributed by atoms with Gasteiger partial charge in [0, 0.05) is 25.0 Å². The molecule has 0 amide bonds. The van der Waals surface area contributed by atoms with Gasteiger partial charge < -0.3 is 9.88 Å². The first-order valence-corrected chi connectivity index (χ1v) is 7.63. The summed E-state index contributed by atoms with van der Waals surface area (Å²) in [5, 5.41) is 3.71. The zero-order valence-corrected chi connectivity index (χ0v) is 11.7. The number of hydrogen-bond donors (Lipinski definition) is 1. The Morgan fingerprint density at radius 2 is 1.94 bits per heavy atom. The molecule has 3 nitrogen and oxygen atoms in total. The molecule has 2 rings (SSSR count). The number of aryl methyl sites for hydroxylation is 1. The van der Waals surface area contributed by atoms with Gasteiger partial charge in [0.15, 0.2) is 0 Å². The SMILES string of the molecule is CCCn1ccnc1CNC1CCCCCCC1. The summed E-state index contributed by atoms with van der Waals surface area (Å²) < 4.78 is 2.27. The van der Waals surface area contributed by atoms with Crippen LogP contribution in [0.15, 0.2) is 12.4 Å². The highest BCUT2D eigenvalue weighted by molar-refractivity contribution is 4.92. The molecule has 1 fully saturated rings. The molecule has 1 aliphatic carbocycles. The van der Waals surface area contributed by atoms with Gasteiger partial charge in [-0.15, -0.1) is 0 Å². The van der Waals surface area contributed by atoms with Gasteiger partial charge >= 0.3 is 0 Å². The van der Waals surface area contributed by atoms with Crippen molar-refractivity contribution in [2.75, 3.05) is 0 Å². The first-order valence-electron chi connectivity index (χ1n) is 7.63. The largest absolute Gasteiger partial charge is 0.334 e. The van der Waals surface area contributed by atoms with E-state index in [9.17, 15) is 0 Å². The molecule has 0 aliphatic heterocycles. The fourth-order valence-electron chi connectivity index (χ4n) is 2.85. The van der Waals surface area contributed by atoms with E-state index in [1.165, 1.54) is 57.2 Å². The monoisotopic (exact) mass is 249 g/mol. The number of nitrogens with zero attached hydrogens (tertiary/aromatic N) is 2. The average Bonchev–Trinajstić information content (AvgIpc) is 2.76. The Morgan fingerprint density at radius 3 is 2.67 bits per heavy atom. The fourth-order valence-corrected chi connectivity index (χ4v) is 2.85. The average molecular weight is 249 g/mol. The van der Waals surface area contributed by atoms with Crippen molar-refractivity contribution in [3.63, 3.8) is 0 Å². The summed E-state index contributed by atoms with van der Waals surface area (Å²) in [5.74, 6) is 1.19. The minimum absolute atomic E-state index is 0.706. The van der Waals surface area contributed by atoms with Crippen LogP contribution in [0.3, 0.4) is 0 Å². The molecule has 0 aromatic carbocycles. The summed E-state index contributed by atoms with van der Waals surface area (Å²) in [6.45, 7) is 4.23. The van der Waals surface area contributed by atoms with Crippen LogP contribution in [-0.4, -0.2) is 15.6 Å². The van der Waals surface area contributed by atoms with Gasteiger partial charge in [0.05, 0.1) is 6.54 Å². The molecule has 0 radical (unpaired) electrons. The third kappa shape index (κ3) is 4.13. The van der Waals surface area contributed by atoms with Crippen LogP contribution in [0, 0.1) is 0 Å². The van der Waals surface area contributed by atoms with Crippen molar-refractivity contribution in [2.24, 2.45) is 0 Å². The number of nitrogens with one attached hydrogen (secondary N) is 1. The van der Waals surface area contributed by atoms with Gasteiger partial charge in [-0.25, -0.2) is 4.98 Å². The van der Waals surface area contributed by atoms with Gasteiger partial charge in [-0.05, 0) is 19.3 Å². The van der Waals surface area contributed by atoms with E-state index in [2.05, 4.69) is 28.0 Å². The zero-order chi connectivity index (χ0) is 12.6.